The predicted molar refractivity (Wildman–Crippen MR) is 60.6 cm³/mol. The van der Waals surface area contributed by atoms with Gasteiger partial charge in [0.1, 0.15) is 0 Å². The Morgan fingerprint density at radius 2 is 2.07 bits per heavy atom. The molecule has 15 heavy (non-hydrogen) atoms. The quantitative estimate of drug-likeness (QED) is 0.763. The van der Waals surface area contributed by atoms with Gasteiger partial charge in [-0.3, -0.25) is 4.79 Å². The van der Waals surface area contributed by atoms with Crippen molar-refractivity contribution in [1.82, 2.24) is 10.2 Å². The van der Waals surface area contributed by atoms with Crippen LogP contribution in [0.15, 0.2) is 0 Å². The summed E-state index contributed by atoms with van der Waals surface area (Å²) < 4.78 is 0. The molecule has 2 fully saturated rings. The molecular weight excluding hydrogens is 188 g/mol. The number of hydrogen-bond donors (Lipinski definition) is 1. The smallest absolute Gasteiger partial charge is 0.227 e. The van der Waals surface area contributed by atoms with Crippen LogP contribution >= 0.6 is 0 Å². The number of hydrogen-bond acceptors (Lipinski definition) is 2. The van der Waals surface area contributed by atoms with Crippen molar-refractivity contribution < 1.29 is 4.79 Å². The highest BCUT2D eigenvalue weighted by Gasteiger charge is 2.31. The average molecular weight is 210 g/mol. The van der Waals surface area contributed by atoms with Crippen molar-refractivity contribution >= 4 is 5.91 Å². The molecule has 1 amide bonds. The maximum atomic E-state index is 12.2. The van der Waals surface area contributed by atoms with E-state index < -0.39 is 0 Å². The molecular formula is C12H22N2O. The fraction of sp³-hybridized carbons (Fsp3) is 0.917. The monoisotopic (exact) mass is 210 g/mol. The normalized spacial score (nSPS) is 27.1. The zero-order valence-corrected chi connectivity index (χ0v) is 9.67. The second-order valence-corrected chi connectivity index (χ2v) is 4.75. The summed E-state index contributed by atoms with van der Waals surface area (Å²) in [5.74, 6) is 0.653. The van der Waals surface area contributed by atoms with Crippen molar-refractivity contribution in [3.05, 3.63) is 0 Å². The zero-order chi connectivity index (χ0) is 10.7. The van der Waals surface area contributed by atoms with Crippen molar-refractivity contribution in [3.63, 3.8) is 0 Å². The topological polar surface area (TPSA) is 32.3 Å². The molecule has 0 unspecified atom stereocenters. The lowest BCUT2D eigenvalue weighted by Gasteiger charge is -2.30. The van der Waals surface area contributed by atoms with Gasteiger partial charge in [0.05, 0.1) is 5.92 Å². The average Bonchev–Trinajstić information content (AvgIpc) is 2.91. The standard InChI is InChI=1S/C12H22N2O/c1-2-14(11-5-3-4-6-11)12(15)10-7-8-13-9-10/h10-11,13H,2-9H2,1H3/t10-/m1/s1. The number of nitrogens with one attached hydrogen (secondary N) is 1. The molecule has 1 aliphatic heterocycles. The first kappa shape index (κ1) is 10.9. The van der Waals surface area contributed by atoms with E-state index in [1.54, 1.807) is 0 Å². The Bertz CT molecular complexity index is 218. The zero-order valence-electron chi connectivity index (χ0n) is 9.67. The van der Waals surface area contributed by atoms with E-state index in [0.717, 1.165) is 26.1 Å². The van der Waals surface area contributed by atoms with Gasteiger partial charge in [-0.1, -0.05) is 12.8 Å². The molecule has 0 aromatic heterocycles. The van der Waals surface area contributed by atoms with Crippen LogP contribution in [-0.4, -0.2) is 36.5 Å². The molecule has 2 rings (SSSR count). The minimum atomic E-state index is 0.255. The summed E-state index contributed by atoms with van der Waals surface area (Å²) >= 11 is 0. The van der Waals surface area contributed by atoms with Crippen LogP contribution in [0.1, 0.15) is 39.0 Å². The van der Waals surface area contributed by atoms with E-state index in [1.807, 2.05) is 0 Å². The first-order valence-electron chi connectivity index (χ1n) is 6.34. The molecule has 0 spiro atoms. The molecule has 2 aliphatic rings. The van der Waals surface area contributed by atoms with Gasteiger partial charge in [-0.2, -0.15) is 0 Å². The first-order chi connectivity index (χ1) is 7.33. The van der Waals surface area contributed by atoms with Crippen LogP contribution in [0.2, 0.25) is 0 Å². The molecule has 1 saturated carbocycles. The van der Waals surface area contributed by atoms with Crippen molar-refractivity contribution in [2.24, 2.45) is 5.92 Å². The largest absolute Gasteiger partial charge is 0.340 e. The number of nitrogens with zero attached hydrogens (tertiary/aromatic N) is 1. The minimum absolute atomic E-state index is 0.255. The number of carbonyl (C=O) groups is 1. The molecule has 3 heteroatoms. The maximum Gasteiger partial charge on any atom is 0.227 e. The molecule has 1 heterocycles. The molecule has 86 valence electrons. The van der Waals surface area contributed by atoms with Gasteiger partial charge in [0.25, 0.3) is 0 Å². The molecule has 1 aliphatic carbocycles. The van der Waals surface area contributed by atoms with Crippen LogP contribution < -0.4 is 5.32 Å². The number of carbonyl (C=O) groups excluding carboxylic acids is 1. The summed E-state index contributed by atoms with van der Waals surface area (Å²) in [4.78, 5) is 14.4. The minimum Gasteiger partial charge on any atom is -0.340 e. The van der Waals surface area contributed by atoms with Crippen LogP contribution in [-0.2, 0) is 4.79 Å². The third kappa shape index (κ3) is 2.33. The Morgan fingerprint density at radius 1 is 1.33 bits per heavy atom. The van der Waals surface area contributed by atoms with Crippen LogP contribution in [0, 0.1) is 5.92 Å². The highest BCUT2D eigenvalue weighted by molar-refractivity contribution is 5.79. The lowest BCUT2D eigenvalue weighted by Crippen LogP contribution is -2.42. The van der Waals surface area contributed by atoms with Crippen molar-refractivity contribution in [2.75, 3.05) is 19.6 Å². The predicted octanol–water partition coefficient (Wildman–Crippen LogP) is 1.39. The fourth-order valence-corrected chi connectivity index (χ4v) is 2.91. The van der Waals surface area contributed by atoms with E-state index in [4.69, 9.17) is 0 Å². The van der Waals surface area contributed by atoms with E-state index >= 15 is 0 Å². The van der Waals surface area contributed by atoms with Gasteiger partial charge >= 0.3 is 0 Å². The van der Waals surface area contributed by atoms with E-state index in [1.165, 1.54) is 25.7 Å². The fourth-order valence-electron chi connectivity index (χ4n) is 2.91. The molecule has 0 aromatic carbocycles. The van der Waals surface area contributed by atoms with Gasteiger partial charge in [0.2, 0.25) is 5.91 Å². The molecule has 1 saturated heterocycles. The second kappa shape index (κ2) is 4.97. The van der Waals surface area contributed by atoms with Gasteiger partial charge in [-0.05, 0) is 32.7 Å². The van der Waals surface area contributed by atoms with Gasteiger partial charge in [-0.25, -0.2) is 0 Å². The van der Waals surface area contributed by atoms with Crippen LogP contribution in [0.3, 0.4) is 0 Å². The van der Waals surface area contributed by atoms with Crippen LogP contribution in [0.25, 0.3) is 0 Å². The van der Waals surface area contributed by atoms with Crippen molar-refractivity contribution in [1.29, 1.82) is 0 Å². The SMILES string of the molecule is CCN(C(=O)[C@@H]1CCNC1)C1CCCC1. The molecule has 0 bridgehead atoms. The summed E-state index contributed by atoms with van der Waals surface area (Å²) in [6.45, 7) is 4.90. The number of amides is 1. The molecule has 1 N–H and O–H groups in total. The number of rotatable bonds is 3. The molecule has 0 aromatic rings. The molecule has 3 nitrogen and oxygen atoms in total. The van der Waals surface area contributed by atoms with E-state index in [9.17, 15) is 4.79 Å². The van der Waals surface area contributed by atoms with Gasteiger partial charge in [-0.15, -0.1) is 0 Å². The first-order valence-corrected chi connectivity index (χ1v) is 6.34. The molecule has 1 atom stereocenters. The van der Waals surface area contributed by atoms with E-state index in [-0.39, 0.29) is 5.92 Å². The lowest BCUT2D eigenvalue weighted by atomic mass is 10.1. The summed E-state index contributed by atoms with van der Waals surface area (Å²) in [6, 6.07) is 0.545. The van der Waals surface area contributed by atoms with Crippen LogP contribution in [0.4, 0.5) is 0 Å². The Hall–Kier alpha value is -0.570. The Labute approximate surface area is 92.2 Å². The summed E-state index contributed by atoms with van der Waals surface area (Å²) in [6.07, 6.45) is 6.08. The maximum absolute atomic E-state index is 12.2. The van der Waals surface area contributed by atoms with Crippen molar-refractivity contribution in [2.45, 2.75) is 45.1 Å². The lowest BCUT2D eigenvalue weighted by molar-refractivity contribution is -0.136. The Balaban J connectivity index is 1.95. The third-order valence-corrected chi connectivity index (χ3v) is 3.80. The summed E-state index contributed by atoms with van der Waals surface area (Å²) in [5, 5.41) is 3.28. The Kier molecular flexibility index (Phi) is 3.62. The third-order valence-electron chi connectivity index (χ3n) is 3.80. The highest BCUT2D eigenvalue weighted by Crippen LogP contribution is 2.25. The second-order valence-electron chi connectivity index (χ2n) is 4.75. The highest BCUT2D eigenvalue weighted by atomic mass is 16.2. The van der Waals surface area contributed by atoms with Crippen molar-refractivity contribution in [3.8, 4) is 0 Å². The van der Waals surface area contributed by atoms with Gasteiger partial charge in [0, 0.05) is 19.1 Å². The van der Waals surface area contributed by atoms with Gasteiger partial charge < -0.3 is 10.2 Å². The summed E-state index contributed by atoms with van der Waals surface area (Å²) in [5.41, 5.74) is 0. The summed E-state index contributed by atoms with van der Waals surface area (Å²) in [7, 11) is 0. The van der Waals surface area contributed by atoms with Crippen LogP contribution in [0.5, 0.6) is 0 Å². The molecule has 0 radical (unpaired) electrons. The Morgan fingerprint density at radius 3 is 2.60 bits per heavy atom. The van der Waals surface area contributed by atoms with E-state index in [0.29, 0.717) is 11.9 Å². The van der Waals surface area contributed by atoms with Gasteiger partial charge in [0.15, 0.2) is 0 Å². The van der Waals surface area contributed by atoms with E-state index in [2.05, 4.69) is 17.1 Å².